The van der Waals surface area contributed by atoms with Crippen LogP contribution < -0.4 is 10.2 Å². The maximum atomic E-state index is 13.0. The molecule has 1 N–H and O–H groups in total. The van der Waals surface area contributed by atoms with Crippen molar-refractivity contribution in [2.45, 2.75) is 32.5 Å². The van der Waals surface area contributed by atoms with Gasteiger partial charge in [0, 0.05) is 51.0 Å². The van der Waals surface area contributed by atoms with Gasteiger partial charge in [-0.2, -0.15) is 13.2 Å². The number of rotatable bonds is 6. The van der Waals surface area contributed by atoms with Crippen molar-refractivity contribution >= 4 is 5.69 Å². The molecule has 0 aliphatic carbocycles. The summed E-state index contributed by atoms with van der Waals surface area (Å²) in [6.45, 7) is 8.71. The first-order valence-corrected chi connectivity index (χ1v) is 8.31. The van der Waals surface area contributed by atoms with Gasteiger partial charge in [0.1, 0.15) is 0 Å². The largest absolute Gasteiger partial charge is 0.390 e. The first-order chi connectivity index (χ1) is 10.9. The molecule has 1 aliphatic rings. The molecule has 0 aromatic heterocycles. The lowest BCUT2D eigenvalue weighted by Gasteiger charge is -2.36. The summed E-state index contributed by atoms with van der Waals surface area (Å²) in [5.74, 6) is 0. The van der Waals surface area contributed by atoms with E-state index in [0.717, 1.165) is 37.4 Å². The fraction of sp³-hybridized carbons (Fsp3) is 0.647. The van der Waals surface area contributed by atoms with Crippen LogP contribution >= 0.6 is 0 Å². The highest BCUT2D eigenvalue weighted by Crippen LogP contribution is 2.34. The number of hydrogen-bond donors (Lipinski definition) is 1. The number of nitrogens with one attached hydrogen (secondary N) is 1. The van der Waals surface area contributed by atoms with Crippen molar-refractivity contribution in [1.29, 1.82) is 0 Å². The number of halogens is 3. The van der Waals surface area contributed by atoms with E-state index in [1.54, 1.807) is 0 Å². The highest BCUT2D eigenvalue weighted by molar-refractivity contribution is 5.47. The van der Waals surface area contributed by atoms with E-state index in [-0.39, 0.29) is 0 Å². The Morgan fingerprint density at radius 3 is 2.13 bits per heavy atom. The van der Waals surface area contributed by atoms with E-state index in [0.29, 0.717) is 13.1 Å². The molecule has 0 unspecified atom stereocenters. The van der Waals surface area contributed by atoms with E-state index in [1.165, 1.54) is 0 Å². The number of anilines is 1. The van der Waals surface area contributed by atoms with E-state index >= 15 is 0 Å². The molecule has 6 heteroatoms. The van der Waals surface area contributed by atoms with Crippen LogP contribution in [0.25, 0.3) is 0 Å². The highest BCUT2D eigenvalue weighted by atomic mass is 19.4. The van der Waals surface area contributed by atoms with Crippen LogP contribution in [0.3, 0.4) is 0 Å². The van der Waals surface area contributed by atoms with Crippen LogP contribution in [-0.4, -0.2) is 50.3 Å². The van der Waals surface area contributed by atoms with Crippen LogP contribution in [0.4, 0.5) is 18.9 Å². The van der Waals surface area contributed by atoms with E-state index in [9.17, 15) is 13.2 Å². The fourth-order valence-corrected chi connectivity index (χ4v) is 3.17. The molecule has 1 fully saturated rings. The summed E-state index contributed by atoms with van der Waals surface area (Å²) < 4.78 is 39.0. The van der Waals surface area contributed by atoms with Gasteiger partial charge in [0.05, 0.1) is 6.42 Å². The van der Waals surface area contributed by atoms with Gasteiger partial charge in [-0.05, 0) is 31.5 Å². The van der Waals surface area contributed by atoms with Crippen molar-refractivity contribution in [3.8, 4) is 0 Å². The van der Waals surface area contributed by atoms with E-state index in [2.05, 4.69) is 24.1 Å². The number of benzene rings is 1. The van der Waals surface area contributed by atoms with Crippen LogP contribution in [-0.2, 0) is 0 Å². The Hall–Kier alpha value is -1.27. The molecule has 1 aliphatic heterocycles. The van der Waals surface area contributed by atoms with Gasteiger partial charge in [-0.3, -0.25) is 4.90 Å². The lowest BCUT2D eigenvalue weighted by Crippen LogP contribution is -2.46. The predicted molar refractivity (Wildman–Crippen MR) is 87.9 cm³/mol. The maximum absolute atomic E-state index is 13.0. The van der Waals surface area contributed by atoms with Crippen LogP contribution in [0.15, 0.2) is 24.3 Å². The van der Waals surface area contributed by atoms with Gasteiger partial charge in [-0.15, -0.1) is 0 Å². The highest BCUT2D eigenvalue weighted by Gasteiger charge is 2.35. The molecule has 0 amide bonds. The Morgan fingerprint density at radius 2 is 1.65 bits per heavy atom. The molecule has 130 valence electrons. The van der Waals surface area contributed by atoms with Gasteiger partial charge in [0.25, 0.3) is 0 Å². The van der Waals surface area contributed by atoms with Crippen molar-refractivity contribution in [3.05, 3.63) is 29.8 Å². The molecule has 0 saturated carbocycles. The molecule has 23 heavy (non-hydrogen) atoms. The topological polar surface area (TPSA) is 18.5 Å². The minimum atomic E-state index is -4.16. The van der Waals surface area contributed by atoms with Crippen molar-refractivity contribution in [2.75, 3.05) is 44.2 Å². The van der Waals surface area contributed by atoms with E-state index in [4.69, 9.17) is 0 Å². The Kier molecular flexibility index (Phi) is 6.30. The van der Waals surface area contributed by atoms with Gasteiger partial charge < -0.3 is 10.2 Å². The molecule has 1 aromatic carbocycles. The van der Waals surface area contributed by atoms with Crippen LogP contribution in [0.2, 0.25) is 0 Å². The molecule has 1 aromatic rings. The van der Waals surface area contributed by atoms with Crippen LogP contribution in [0.5, 0.6) is 0 Å². The first kappa shape index (κ1) is 18.1. The van der Waals surface area contributed by atoms with Crippen molar-refractivity contribution in [3.63, 3.8) is 0 Å². The Labute approximate surface area is 136 Å². The third kappa shape index (κ3) is 5.11. The van der Waals surface area contributed by atoms with Crippen LogP contribution in [0.1, 0.15) is 31.9 Å². The number of piperazine rings is 1. The first-order valence-electron chi connectivity index (χ1n) is 8.31. The Balaban J connectivity index is 2.20. The van der Waals surface area contributed by atoms with Crippen molar-refractivity contribution in [1.82, 2.24) is 10.2 Å². The summed E-state index contributed by atoms with van der Waals surface area (Å²) in [7, 11) is 0. The summed E-state index contributed by atoms with van der Waals surface area (Å²) >= 11 is 0. The summed E-state index contributed by atoms with van der Waals surface area (Å²) in [5, 5.41) is 3.19. The zero-order chi connectivity index (χ0) is 16.9. The zero-order valence-corrected chi connectivity index (χ0v) is 13.9. The molecule has 0 spiro atoms. The third-order valence-corrected chi connectivity index (χ3v) is 4.42. The lowest BCUT2D eigenvalue weighted by molar-refractivity contribution is -0.148. The predicted octanol–water partition coefficient (Wildman–Crippen LogP) is 3.43. The molecule has 3 nitrogen and oxygen atoms in total. The second kappa shape index (κ2) is 8.02. The number of hydrogen-bond acceptors (Lipinski definition) is 3. The third-order valence-electron chi connectivity index (χ3n) is 4.42. The lowest BCUT2D eigenvalue weighted by atomic mass is 10.00. The molecule has 2 rings (SSSR count). The van der Waals surface area contributed by atoms with Crippen molar-refractivity contribution in [2.24, 2.45) is 0 Å². The average Bonchev–Trinajstić information content (AvgIpc) is 2.55. The minimum Gasteiger partial charge on any atom is -0.372 e. The molecule has 1 heterocycles. The minimum absolute atomic E-state index is 0.595. The van der Waals surface area contributed by atoms with Gasteiger partial charge >= 0.3 is 6.18 Å². The summed E-state index contributed by atoms with van der Waals surface area (Å²) in [6.07, 6.45) is -4.95. The van der Waals surface area contributed by atoms with Crippen molar-refractivity contribution < 1.29 is 13.2 Å². The monoisotopic (exact) mass is 329 g/mol. The SMILES string of the molecule is CCN(CC)c1ccc([C@H](CC(F)(F)F)N2CCNCC2)cc1. The number of nitrogens with zero attached hydrogens (tertiary/aromatic N) is 2. The smallest absolute Gasteiger partial charge is 0.372 e. The number of alkyl halides is 3. The van der Waals surface area contributed by atoms with Gasteiger partial charge in [0.2, 0.25) is 0 Å². The molecular formula is C17H26F3N3. The van der Waals surface area contributed by atoms with Gasteiger partial charge in [0.15, 0.2) is 0 Å². The average molecular weight is 329 g/mol. The van der Waals surface area contributed by atoms with E-state index in [1.807, 2.05) is 29.2 Å². The normalized spacial score (nSPS) is 18.0. The molecule has 0 radical (unpaired) electrons. The van der Waals surface area contributed by atoms with E-state index < -0.39 is 18.6 Å². The molecule has 1 atom stereocenters. The van der Waals surface area contributed by atoms with Gasteiger partial charge in [-0.1, -0.05) is 12.1 Å². The summed E-state index contributed by atoms with van der Waals surface area (Å²) in [5.41, 5.74) is 1.81. The summed E-state index contributed by atoms with van der Waals surface area (Å²) in [4.78, 5) is 4.13. The van der Waals surface area contributed by atoms with Crippen LogP contribution in [0, 0.1) is 0 Å². The second-order valence-electron chi connectivity index (χ2n) is 5.88. The maximum Gasteiger partial charge on any atom is 0.390 e. The molecular weight excluding hydrogens is 303 g/mol. The van der Waals surface area contributed by atoms with Gasteiger partial charge in [-0.25, -0.2) is 0 Å². The Morgan fingerprint density at radius 1 is 1.09 bits per heavy atom. The molecule has 1 saturated heterocycles. The quantitative estimate of drug-likeness (QED) is 0.863. The standard InChI is InChI=1S/C17H26F3N3/c1-3-22(4-2)15-7-5-14(6-8-15)16(13-17(18,19)20)23-11-9-21-10-12-23/h5-8,16,21H,3-4,9-13H2,1-2H3/t16-/m0/s1. The Bertz CT molecular complexity index is 463. The second-order valence-corrected chi connectivity index (χ2v) is 5.88. The fourth-order valence-electron chi connectivity index (χ4n) is 3.17. The molecule has 0 bridgehead atoms. The summed E-state index contributed by atoms with van der Waals surface area (Å²) in [6, 6.07) is 6.99. The zero-order valence-electron chi connectivity index (χ0n) is 13.9.